The van der Waals surface area contributed by atoms with Crippen molar-refractivity contribution in [3.05, 3.63) is 35.4 Å². The third-order valence-electron chi connectivity index (χ3n) is 5.21. The standard InChI is InChI=1S/C20H28N2O3/c1-13(2)15-4-6-16(7-5-15)17-12-18(17)19(23)21-14(3)20(24)22-8-10-25-11-9-22/h4-7,13-14,17-18H,8-12H2,1-3H3,(H,21,23). The van der Waals surface area contributed by atoms with E-state index in [0.717, 1.165) is 6.42 Å². The van der Waals surface area contributed by atoms with Crippen LogP contribution in [0.2, 0.25) is 0 Å². The lowest BCUT2D eigenvalue weighted by molar-refractivity contribution is -0.139. The molecule has 1 aromatic carbocycles. The molecule has 3 rings (SSSR count). The van der Waals surface area contributed by atoms with Gasteiger partial charge in [-0.2, -0.15) is 0 Å². The van der Waals surface area contributed by atoms with E-state index in [1.54, 1.807) is 11.8 Å². The monoisotopic (exact) mass is 344 g/mol. The molecule has 1 aromatic rings. The number of rotatable bonds is 5. The van der Waals surface area contributed by atoms with Crippen molar-refractivity contribution in [1.29, 1.82) is 0 Å². The fourth-order valence-corrected chi connectivity index (χ4v) is 3.42. The van der Waals surface area contributed by atoms with E-state index >= 15 is 0 Å². The number of morpholine rings is 1. The third-order valence-corrected chi connectivity index (χ3v) is 5.21. The second-order valence-electron chi connectivity index (χ2n) is 7.44. The summed E-state index contributed by atoms with van der Waals surface area (Å²) >= 11 is 0. The summed E-state index contributed by atoms with van der Waals surface area (Å²) in [5, 5.41) is 2.90. The van der Waals surface area contributed by atoms with Crippen LogP contribution in [0, 0.1) is 5.92 Å². The molecule has 1 N–H and O–H groups in total. The van der Waals surface area contributed by atoms with Gasteiger partial charge in [0, 0.05) is 19.0 Å². The van der Waals surface area contributed by atoms with E-state index in [0.29, 0.717) is 32.2 Å². The molecule has 136 valence electrons. The number of amides is 2. The molecule has 1 saturated carbocycles. The molecular formula is C20H28N2O3. The number of nitrogens with zero attached hydrogens (tertiary/aromatic N) is 1. The Balaban J connectivity index is 1.51. The van der Waals surface area contributed by atoms with Crippen molar-refractivity contribution in [2.75, 3.05) is 26.3 Å². The lowest BCUT2D eigenvalue weighted by atomic mass is 10.00. The molecule has 1 aliphatic heterocycles. The van der Waals surface area contributed by atoms with E-state index in [1.165, 1.54) is 11.1 Å². The van der Waals surface area contributed by atoms with Crippen molar-refractivity contribution in [1.82, 2.24) is 10.2 Å². The van der Waals surface area contributed by atoms with Crippen LogP contribution in [0.4, 0.5) is 0 Å². The average molecular weight is 344 g/mol. The van der Waals surface area contributed by atoms with Gasteiger partial charge in [-0.3, -0.25) is 9.59 Å². The van der Waals surface area contributed by atoms with Gasteiger partial charge < -0.3 is 15.0 Å². The Morgan fingerprint density at radius 3 is 2.36 bits per heavy atom. The van der Waals surface area contributed by atoms with Crippen LogP contribution >= 0.6 is 0 Å². The van der Waals surface area contributed by atoms with Crippen molar-refractivity contribution < 1.29 is 14.3 Å². The van der Waals surface area contributed by atoms with Crippen molar-refractivity contribution in [2.24, 2.45) is 5.92 Å². The first-order valence-electron chi connectivity index (χ1n) is 9.24. The summed E-state index contributed by atoms with van der Waals surface area (Å²) in [6, 6.07) is 8.09. The number of carbonyl (C=O) groups excluding carboxylic acids is 2. The van der Waals surface area contributed by atoms with Gasteiger partial charge in [-0.1, -0.05) is 38.1 Å². The summed E-state index contributed by atoms with van der Waals surface area (Å²) in [4.78, 5) is 26.6. The molecule has 1 saturated heterocycles. The highest BCUT2D eigenvalue weighted by molar-refractivity contribution is 5.90. The molecule has 5 heteroatoms. The maximum atomic E-state index is 12.5. The SMILES string of the molecule is CC(NC(=O)C1CC1c1ccc(C(C)C)cc1)C(=O)N1CCOCC1. The molecular weight excluding hydrogens is 316 g/mol. The van der Waals surface area contributed by atoms with Gasteiger partial charge in [0.15, 0.2) is 0 Å². The van der Waals surface area contributed by atoms with Crippen LogP contribution in [-0.4, -0.2) is 49.1 Å². The summed E-state index contributed by atoms with van der Waals surface area (Å²) in [5.74, 6) is 0.762. The highest BCUT2D eigenvalue weighted by Gasteiger charge is 2.44. The first-order valence-corrected chi connectivity index (χ1v) is 9.24. The normalized spacial score (nSPS) is 24.1. The maximum absolute atomic E-state index is 12.5. The molecule has 2 amide bonds. The Labute approximate surface area is 149 Å². The molecule has 0 spiro atoms. The minimum Gasteiger partial charge on any atom is -0.378 e. The molecule has 0 bridgehead atoms. The number of hydrogen-bond donors (Lipinski definition) is 1. The van der Waals surface area contributed by atoms with Gasteiger partial charge in [-0.15, -0.1) is 0 Å². The van der Waals surface area contributed by atoms with Crippen molar-refractivity contribution in [3.63, 3.8) is 0 Å². The number of benzene rings is 1. The zero-order chi connectivity index (χ0) is 18.0. The number of ether oxygens (including phenoxy) is 1. The van der Waals surface area contributed by atoms with Crippen LogP contribution in [0.1, 0.15) is 50.2 Å². The molecule has 1 heterocycles. The first kappa shape index (κ1) is 17.9. The van der Waals surface area contributed by atoms with Gasteiger partial charge in [0.25, 0.3) is 0 Å². The van der Waals surface area contributed by atoms with Crippen LogP contribution in [0.5, 0.6) is 0 Å². The maximum Gasteiger partial charge on any atom is 0.245 e. The summed E-state index contributed by atoms with van der Waals surface area (Å²) in [6.07, 6.45) is 0.866. The average Bonchev–Trinajstić information content (AvgIpc) is 3.42. The molecule has 2 aliphatic rings. The lowest BCUT2D eigenvalue weighted by Gasteiger charge is -2.29. The van der Waals surface area contributed by atoms with E-state index in [4.69, 9.17) is 4.74 Å². The van der Waals surface area contributed by atoms with Gasteiger partial charge in [-0.25, -0.2) is 0 Å². The topological polar surface area (TPSA) is 58.6 Å². The largest absolute Gasteiger partial charge is 0.378 e. The Bertz CT molecular complexity index is 620. The van der Waals surface area contributed by atoms with Gasteiger partial charge in [0.1, 0.15) is 6.04 Å². The van der Waals surface area contributed by atoms with Crippen molar-refractivity contribution >= 4 is 11.8 Å². The smallest absolute Gasteiger partial charge is 0.245 e. The summed E-state index contributed by atoms with van der Waals surface area (Å²) < 4.78 is 5.26. The fraction of sp³-hybridized carbons (Fsp3) is 0.600. The quantitative estimate of drug-likeness (QED) is 0.891. The Morgan fingerprint density at radius 1 is 1.12 bits per heavy atom. The zero-order valence-corrected chi connectivity index (χ0v) is 15.3. The predicted octanol–water partition coefficient (Wildman–Crippen LogP) is 2.28. The minimum absolute atomic E-state index is 0.00737. The predicted molar refractivity (Wildman–Crippen MR) is 96.4 cm³/mol. The van der Waals surface area contributed by atoms with E-state index in [1.807, 2.05) is 0 Å². The van der Waals surface area contributed by atoms with Gasteiger partial charge in [-0.05, 0) is 36.3 Å². The number of nitrogens with one attached hydrogen (secondary N) is 1. The second kappa shape index (κ2) is 7.56. The number of carbonyl (C=O) groups is 2. The van der Waals surface area contributed by atoms with Crippen molar-refractivity contribution in [3.8, 4) is 0 Å². The molecule has 1 aliphatic carbocycles. The summed E-state index contributed by atoms with van der Waals surface area (Å²) in [6.45, 7) is 8.47. The van der Waals surface area contributed by atoms with Gasteiger partial charge >= 0.3 is 0 Å². The van der Waals surface area contributed by atoms with Crippen LogP contribution in [0.15, 0.2) is 24.3 Å². The van der Waals surface area contributed by atoms with Crippen LogP contribution in [-0.2, 0) is 14.3 Å². The number of hydrogen-bond acceptors (Lipinski definition) is 3. The van der Waals surface area contributed by atoms with Crippen LogP contribution in [0.25, 0.3) is 0 Å². The van der Waals surface area contributed by atoms with Crippen LogP contribution < -0.4 is 5.32 Å². The molecule has 0 radical (unpaired) electrons. The van der Waals surface area contributed by atoms with E-state index < -0.39 is 6.04 Å². The Morgan fingerprint density at radius 2 is 1.76 bits per heavy atom. The van der Waals surface area contributed by atoms with Crippen molar-refractivity contribution in [2.45, 2.75) is 45.1 Å². The molecule has 5 nitrogen and oxygen atoms in total. The fourth-order valence-electron chi connectivity index (χ4n) is 3.42. The molecule has 0 aromatic heterocycles. The summed E-state index contributed by atoms with van der Waals surface area (Å²) in [5.41, 5.74) is 2.53. The molecule has 3 atom stereocenters. The van der Waals surface area contributed by atoms with E-state index in [2.05, 4.69) is 43.4 Å². The highest BCUT2D eigenvalue weighted by atomic mass is 16.5. The zero-order valence-electron chi connectivity index (χ0n) is 15.3. The van der Waals surface area contributed by atoms with Gasteiger partial charge in [0.2, 0.25) is 11.8 Å². The first-order chi connectivity index (χ1) is 12.0. The second-order valence-corrected chi connectivity index (χ2v) is 7.44. The Hall–Kier alpha value is -1.88. The molecule has 3 unspecified atom stereocenters. The van der Waals surface area contributed by atoms with Gasteiger partial charge in [0.05, 0.1) is 13.2 Å². The van der Waals surface area contributed by atoms with E-state index in [9.17, 15) is 9.59 Å². The molecule has 2 fully saturated rings. The highest BCUT2D eigenvalue weighted by Crippen LogP contribution is 2.47. The summed E-state index contributed by atoms with van der Waals surface area (Å²) in [7, 11) is 0. The molecule has 25 heavy (non-hydrogen) atoms. The minimum atomic E-state index is -0.477. The Kier molecular flexibility index (Phi) is 5.42. The van der Waals surface area contributed by atoms with E-state index in [-0.39, 0.29) is 23.7 Å². The lowest BCUT2D eigenvalue weighted by Crippen LogP contribution is -2.50. The van der Waals surface area contributed by atoms with Crippen LogP contribution in [0.3, 0.4) is 0 Å². The third kappa shape index (κ3) is 4.21.